The van der Waals surface area contributed by atoms with Crippen LogP contribution < -0.4 is 5.56 Å². The summed E-state index contributed by atoms with van der Waals surface area (Å²) in [6.45, 7) is 2.99. The van der Waals surface area contributed by atoms with E-state index < -0.39 is 12.1 Å². The number of ether oxygens (including phenoxy) is 1. The number of fused-ring (bicyclic) bond motifs is 1. The molecule has 2 aromatic rings. The lowest BCUT2D eigenvalue weighted by atomic mass is 10.1. The Morgan fingerprint density at radius 3 is 2.52 bits per heavy atom. The van der Waals surface area contributed by atoms with Crippen molar-refractivity contribution >= 4 is 22.8 Å². The van der Waals surface area contributed by atoms with Crippen molar-refractivity contribution in [2.24, 2.45) is 0 Å². The molecule has 1 aromatic heterocycles. The molecule has 1 aromatic carbocycles. The highest BCUT2D eigenvalue weighted by atomic mass is 16.5. The second-order valence-electron chi connectivity index (χ2n) is 6.38. The standard InChI is InChI=1S/C19H22N2O4/c1-13(18(23)21-10-6-2-3-7-11-21)25-19(24)15-12-17(22)20-16-9-5-4-8-14(15)16/h4-5,8-9,12-13H,2-3,6-7,10-11H2,1H3,(H,20,22)/t13-/m0/s1. The molecule has 0 radical (unpaired) electrons. The van der Waals surface area contributed by atoms with Gasteiger partial charge in [-0.05, 0) is 25.8 Å². The van der Waals surface area contributed by atoms with Crippen LogP contribution in [0, 0.1) is 0 Å². The Balaban J connectivity index is 1.77. The van der Waals surface area contributed by atoms with Crippen LogP contribution in [0.1, 0.15) is 43.0 Å². The molecule has 1 saturated heterocycles. The summed E-state index contributed by atoms with van der Waals surface area (Å²) in [5.41, 5.74) is 0.362. The van der Waals surface area contributed by atoms with Crippen molar-refractivity contribution in [2.75, 3.05) is 13.1 Å². The number of carbonyl (C=O) groups excluding carboxylic acids is 2. The Morgan fingerprint density at radius 2 is 1.80 bits per heavy atom. The zero-order chi connectivity index (χ0) is 17.8. The first-order valence-electron chi connectivity index (χ1n) is 8.68. The molecule has 6 heteroatoms. The molecule has 1 amide bonds. The molecule has 6 nitrogen and oxygen atoms in total. The van der Waals surface area contributed by atoms with Gasteiger partial charge in [-0.3, -0.25) is 9.59 Å². The summed E-state index contributed by atoms with van der Waals surface area (Å²) in [6, 6.07) is 8.23. The Kier molecular flexibility index (Phi) is 5.16. The second-order valence-corrected chi connectivity index (χ2v) is 6.38. The highest BCUT2D eigenvalue weighted by molar-refractivity contribution is 6.03. The third kappa shape index (κ3) is 3.90. The SMILES string of the molecule is C[C@H](OC(=O)c1cc(=O)[nH]c2ccccc12)C(=O)N1CCCCCC1. The number of H-pyrrole nitrogens is 1. The molecule has 0 saturated carbocycles. The number of likely N-dealkylation sites (tertiary alicyclic amines) is 1. The second kappa shape index (κ2) is 7.51. The molecule has 25 heavy (non-hydrogen) atoms. The number of nitrogens with one attached hydrogen (secondary N) is 1. The number of pyridine rings is 1. The first-order chi connectivity index (χ1) is 12.1. The van der Waals surface area contributed by atoms with Crippen molar-refractivity contribution in [1.82, 2.24) is 9.88 Å². The first kappa shape index (κ1) is 17.2. The van der Waals surface area contributed by atoms with Gasteiger partial charge in [-0.1, -0.05) is 31.0 Å². The topological polar surface area (TPSA) is 79.5 Å². The van der Waals surface area contributed by atoms with E-state index in [1.807, 2.05) is 0 Å². The summed E-state index contributed by atoms with van der Waals surface area (Å²) in [5.74, 6) is -0.831. The maximum Gasteiger partial charge on any atom is 0.339 e. The lowest BCUT2D eigenvalue weighted by Crippen LogP contribution is -2.40. The average molecular weight is 342 g/mol. The van der Waals surface area contributed by atoms with Crippen LogP contribution in [0.5, 0.6) is 0 Å². The van der Waals surface area contributed by atoms with Gasteiger partial charge in [0.25, 0.3) is 5.91 Å². The van der Waals surface area contributed by atoms with E-state index in [9.17, 15) is 14.4 Å². The van der Waals surface area contributed by atoms with Gasteiger partial charge in [-0.15, -0.1) is 0 Å². The predicted octanol–water partition coefficient (Wildman–Crippen LogP) is 2.48. The number of rotatable bonds is 3. The van der Waals surface area contributed by atoms with Crippen LogP contribution in [0.2, 0.25) is 0 Å². The number of hydrogen-bond acceptors (Lipinski definition) is 4. The minimum atomic E-state index is -0.872. The number of hydrogen-bond donors (Lipinski definition) is 1. The van der Waals surface area contributed by atoms with Gasteiger partial charge in [-0.25, -0.2) is 4.79 Å². The van der Waals surface area contributed by atoms with Crippen molar-refractivity contribution < 1.29 is 14.3 Å². The minimum absolute atomic E-state index is 0.176. The quantitative estimate of drug-likeness (QED) is 0.869. The number of nitrogens with zero attached hydrogens (tertiary/aromatic N) is 1. The molecule has 0 unspecified atom stereocenters. The molecule has 132 valence electrons. The van der Waals surface area contributed by atoms with Gasteiger partial charge < -0.3 is 14.6 Å². The van der Waals surface area contributed by atoms with Gasteiger partial charge in [0, 0.05) is 30.1 Å². The monoisotopic (exact) mass is 342 g/mol. The molecule has 0 aliphatic carbocycles. The summed E-state index contributed by atoms with van der Waals surface area (Å²) in [4.78, 5) is 41.3. The lowest BCUT2D eigenvalue weighted by Gasteiger charge is -2.24. The smallest absolute Gasteiger partial charge is 0.339 e. The number of amides is 1. The van der Waals surface area contributed by atoms with E-state index in [2.05, 4.69) is 4.98 Å². The van der Waals surface area contributed by atoms with E-state index in [1.165, 1.54) is 6.07 Å². The Hall–Kier alpha value is -2.63. The van der Waals surface area contributed by atoms with Crippen molar-refractivity contribution in [2.45, 2.75) is 38.7 Å². The third-order valence-corrected chi connectivity index (χ3v) is 4.52. The average Bonchev–Trinajstić information content (AvgIpc) is 2.89. The highest BCUT2D eigenvalue weighted by Crippen LogP contribution is 2.17. The van der Waals surface area contributed by atoms with Gasteiger partial charge in [0.1, 0.15) is 0 Å². The van der Waals surface area contributed by atoms with Crippen LogP contribution in [-0.4, -0.2) is 41.0 Å². The van der Waals surface area contributed by atoms with Gasteiger partial charge >= 0.3 is 5.97 Å². The molecule has 0 bridgehead atoms. The fourth-order valence-electron chi connectivity index (χ4n) is 3.20. The molecule has 1 N–H and O–H groups in total. The fourth-order valence-corrected chi connectivity index (χ4v) is 3.20. The van der Waals surface area contributed by atoms with Crippen molar-refractivity contribution in [3.05, 3.63) is 46.2 Å². The number of carbonyl (C=O) groups is 2. The van der Waals surface area contributed by atoms with Crippen LogP contribution in [0.25, 0.3) is 10.9 Å². The fraction of sp³-hybridized carbons (Fsp3) is 0.421. The molecule has 1 fully saturated rings. The molecule has 2 heterocycles. The minimum Gasteiger partial charge on any atom is -0.449 e. The Labute approximate surface area is 145 Å². The van der Waals surface area contributed by atoms with E-state index in [4.69, 9.17) is 4.74 Å². The molecule has 1 aliphatic rings. The molecule has 0 spiro atoms. The third-order valence-electron chi connectivity index (χ3n) is 4.52. The van der Waals surface area contributed by atoms with Crippen LogP contribution in [0.4, 0.5) is 0 Å². The van der Waals surface area contributed by atoms with Crippen LogP contribution in [-0.2, 0) is 9.53 Å². The number of benzene rings is 1. The number of aromatic nitrogens is 1. The zero-order valence-corrected chi connectivity index (χ0v) is 14.3. The maximum atomic E-state index is 12.5. The molecule has 3 rings (SSSR count). The van der Waals surface area contributed by atoms with Gasteiger partial charge in [0.2, 0.25) is 5.56 Å². The Morgan fingerprint density at radius 1 is 1.12 bits per heavy atom. The number of para-hydroxylation sites is 1. The molecular weight excluding hydrogens is 320 g/mol. The van der Waals surface area contributed by atoms with Crippen molar-refractivity contribution in [1.29, 1.82) is 0 Å². The lowest BCUT2D eigenvalue weighted by molar-refractivity contribution is -0.139. The largest absolute Gasteiger partial charge is 0.449 e. The van der Waals surface area contributed by atoms with Gasteiger partial charge in [0.15, 0.2) is 6.10 Å². The number of aromatic amines is 1. The van der Waals surface area contributed by atoms with E-state index in [0.717, 1.165) is 25.7 Å². The first-order valence-corrected chi connectivity index (χ1v) is 8.68. The Bertz CT molecular complexity index is 835. The van der Waals surface area contributed by atoms with E-state index in [-0.39, 0.29) is 17.0 Å². The van der Waals surface area contributed by atoms with Crippen molar-refractivity contribution in [3.63, 3.8) is 0 Å². The van der Waals surface area contributed by atoms with E-state index in [0.29, 0.717) is 24.0 Å². The predicted molar refractivity (Wildman–Crippen MR) is 94.5 cm³/mol. The number of esters is 1. The summed E-state index contributed by atoms with van der Waals surface area (Å²) in [5, 5.41) is 0.599. The van der Waals surface area contributed by atoms with E-state index in [1.54, 1.807) is 36.1 Å². The molecular formula is C19H22N2O4. The van der Waals surface area contributed by atoms with Crippen LogP contribution >= 0.6 is 0 Å². The highest BCUT2D eigenvalue weighted by Gasteiger charge is 2.25. The maximum absolute atomic E-state index is 12.5. The van der Waals surface area contributed by atoms with Crippen molar-refractivity contribution in [3.8, 4) is 0 Å². The molecule has 1 aliphatic heterocycles. The zero-order valence-electron chi connectivity index (χ0n) is 14.3. The molecule has 1 atom stereocenters. The normalized spacial score (nSPS) is 16.3. The van der Waals surface area contributed by atoms with Crippen LogP contribution in [0.15, 0.2) is 35.1 Å². The summed E-state index contributed by atoms with van der Waals surface area (Å²) in [6.07, 6.45) is 3.33. The summed E-state index contributed by atoms with van der Waals surface area (Å²) < 4.78 is 5.37. The van der Waals surface area contributed by atoms with E-state index >= 15 is 0 Å². The van der Waals surface area contributed by atoms with Gasteiger partial charge in [-0.2, -0.15) is 0 Å². The summed E-state index contributed by atoms with van der Waals surface area (Å²) >= 11 is 0. The summed E-state index contributed by atoms with van der Waals surface area (Å²) in [7, 11) is 0. The van der Waals surface area contributed by atoms with Crippen LogP contribution in [0.3, 0.4) is 0 Å². The van der Waals surface area contributed by atoms with Gasteiger partial charge in [0.05, 0.1) is 5.56 Å².